The monoisotopic (exact) mass is 359 g/mol. The molecule has 0 aromatic carbocycles. The lowest BCUT2D eigenvalue weighted by Gasteiger charge is -2.21. The number of halogens is 2. The topological polar surface area (TPSA) is 38.2 Å². The Kier molecular flexibility index (Phi) is 5.49. The van der Waals surface area contributed by atoms with E-state index >= 15 is 0 Å². The molecule has 0 unspecified atom stereocenters. The van der Waals surface area contributed by atoms with Crippen LogP contribution in [-0.4, -0.2) is 27.9 Å². The zero-order valence-corrected chi connectivity index (χ0v) is 15.3. The van der Waals surface area contributed by atoms with Crippen LogP contribution in [0.5, 0.6) is 5.88 Å². The summed E-state index contributed by atoms with van der Waals surface area (Å²) in [6.45, 7) is 6.86. The summed E-state index contributed by atoms with van der Waals surface area (Å²) in [6, 6.07) is 4.01. The Hall–Kier alpha value is -2.50. The van der Waals surface area contributed by atoms with Gasteiger partial charge in [-0.2, -0.15) is 0 Å². The van der Waals surface area contributed by atoms with E-state index in [1.807, 2.05) is 26.1 Å². The average Bonchev–Trinajstić information content (AvgIpc) is 2.93. The fourth-order valence-electron chi connectivity index (χ4n) is 3.28. The normalized spacial score (nSPS) is 15.0. The minimum Gasteiger partial charge on any atom is -0.471 e. The van der Waals surface area contributed by atoms with Crippen molar-refractivity contribution in [1.29, 1.82) is 0 Å². The minimum absolute atomic E-state index is 0.267. The maximum Gasteiger partial charge on any atom is 0.272 e. The summed E-state index contributed by atoms with van der Waals surface area (Å²) in [6.07, 6.45) is 4.22. The second-order valence-electron chi connectivity index (χ2n) is 6.44. The summed E-state index contributed by atoms with van der Waals surface area (Å²) < 4.78 is 29.7. The molecule has 3 heterocycles. The van der Waals surface area contributed by atoms with E-state index in [4.69, 9.17) is 4.74 Å². The molecule has 0 saturated heterocycles. The van der Waals surface area contributed by atoms with Gasteiger partial charge in [0.15, 0.2) is 6.61 Å². The Bertz CT molecular complexity index is 821. The third-order valence-corrected chi connectivity index (χ3v) is 4.44. The van der Waals surface area contributed by atoms with Crippen molar-refractivity contribution in [3.63, 3.8) is 0 Å². The summed E-state index contributed by atoms with van der Waals surface area (Å²) in [4.78, 5) is 10.9. The number of hydrogen-bond acceptors (Lipinski definition) is 4. The molecule has 0 bridgehead atoms. The second kappa shape index (κ2) is 7.81. The number of fused-ring (bicyclic) bond motifs is 1. The number of nitrogens with zero attached hydrogens (tertiary/aromatic N) is 3. The fourth-order valence-corrected chi connectivity index (χ4v) is 3.28. The maximum atomic E-state index is 12.3. The fraction of sp³-hybridized carbons (Fsp3) is 0.400. The van der Waals surface area contributed by atoms with Crippen LogP contribution in [0.25, 0.3) is 5.70 Å². The zero-order valence-electron chi connectivity index (χ0n) is 15.3. The Labute approximate surface area is 152 Å². The van der Waals surface area contributed by atoms with Gasteiger partial charge < -0.3 is 9.64 Å². The summed E-state index contributed by atoms with van der Waals surface area (Å²) >= 11 is 0. The first-order chi connectivity index (χ1) is 12.5. The molecule has 0 saturated carbocycles. The SMILES string of the molecule is CC/C=C1/c2ccnc(C)c2CN1Cc1cnc(OCC(F)F)c(C)c1. The second-order valence-corrected chi connectivity index (χ2v) is 6.44. The smallest absolute Gasteiger partial charge is 0.272 e. The molecular formula is C20H23F2N3O. The Morgan fingerprint density at radius 1 is 1.31 bits per heavy atom. The van der Waals surface area contributed by atoms with Crippen LogP contribution in [-0.2, 0) is 13.1 Å². The predicted molar refractivity (Wildman–Crippen MR) is 97.0 cm³/mol. The van der Waals surface area contributed by atoms with Gasteiger partial charge >= 0.3 is 0 Å². The van der Waals surface area contributed by atoms with Crippen molar-refractivity contribution in [2.75, 3.05) is 6.61 Å². The molecular weight excluding hydrogens is 336 g/mol. The Morgan fingerprint density at radius 3 is 2.81 bits per heavy atom. The molecule has 6 heteroatoms. The van der Waals surface area contributed by atoms with Gasteiger partial charge in [-0.3, -0.25) is 4.98 Å². The van der Waals surface area contributed by atoms with Gasteiger partial charge in [-0.05, 0) is 38.0 Å². The largest absolute Gasteiger partial charge is 0.471 e. The van der Waals surface area contributed by atoms with E-state index in [9.17, 15) is 8.78 Å². The molecule has 26 heavy (non-hydrogen) atoms. The van der Waals surface area contributed by atoms with Gasteiger partial charge in [0.2, 0.25) is 5.88 Å². The summed E-state index contributed by atoms with van der Waals surface area (Å²) in [5.74, 6) is 0.267. The van der Waals surface area contributed by atoms with Crippen LogP contribution >= 0.6 is 0 Å². The van der Waals surface area contributed by atoms with Crippen LogP contribution in [0.15, 0.2) is 30.6 Å². The van der Waals surface area contributed by atoms with Crippen molar-refractivity contribution in [2.45, 2.75) is 46.7 Å². The van der Waals surface area contributed by atoms with Gasteiger partial charge in [0.25, 0.3) is 6.43 Å². The number of hydrogen-bond donors (Lipinski definition) is 0. The van der Waals surface area contributed by atoms with Crippen molar-refractivity contribution in [1.82, 2.24) is 14.9 Å². The van der Waals surface area contributed by atoms with Crippen molar-refractivity contribution in [3.8, 4) is 5.88 Å². The molecule has 0 spiro atoms. The quantitative estimate of drug-likeness (QED) is 0.761. The van der Waals surface area contributed by atoms with Gasteiger partial charge in [0.1, 0.15) is 0 Å². The highest BCUT2D eigenvalue weighted by Gasteiger charge is 2.25. The number of aryl methyl sites for hydroxylation is 2. The van der Waals surface area contributed by atoms with Crippen molar-refractivity contribution >= 4 is 5.70 Å². The molecule has 4 nitrogen and oxygen atoms in total. The molecule has 2 aromatic rings. The number of alkyl halides is 2. The van der Waals surface area contributed by atoms with Crippen LogP contribution in [0, 0.1) is 13.8 Å². The highest BCUT2D eigenvalue weighted by atomic mass is 19.3. The van der Waals surface area contributed by atoms with Crippen LogP contribution in [0.1, 0.15) is 41.3 Å². The molecule has 0 fully saturated rings. The van der Waals surface area contributed by atoms with Gasteiger partial charge in [0, 0.05) is 53.6 Å². The van der Waals surface area contributed by atoms with Crippen LogP contribution in [0.3, 0.4) is 0 Å². The number of ether oxygens (including phenoxy) is 1. The van der Waals surface area contributed by atoms with E-state index in [2.05, 4.69) is 33.9 Å². The first-order valence-corrected chi connectivity index (χ1v) is 8.76. The van der Waals surface area contributed by atoms with Crippen LogP contribution in [0.4, 0.5) is 8.78 Å². The Balaban J connectivity index is 1.79. The van der Waals surface area contributed by atoms with E-state index in [0.29, 0.717) is 6.54 Å². The first kappa shape index (κ1) is 18.3. The minimum atomic E-state index is -2.50. The van der Waals surface area contributed by atoms with E-state index in [-0.39, 0.29) is 5.88 Å². The molecule has 0 atom stereocenters. The highest BCUT2D eigenvalue weighted by Crippen LogP contribution is 2.35. The molecule has 2 aromatic heterocycles. The van der Waals surface area contributed by atoms with Crippen molar-refractivity contribution in [2.24, 2.45) is 0 Å². The summed E-state index contributed by atoms with van der Waals surface area (Å²) in [5.41, 5.74) is 6.54. The standard InChI is InChI=1S/C20H23F2N3O/c1-4-5-18-16-6-7-23-14(3)17(16)11-25(18)10-15-8-13(2)20(24-9-15)26-12-19(21)22/h5-9,19H,4,10-12H2,1-3H3/b18-5-. The summed E-state index contributed by atoms with van der Waals surface area (Å²) in [5, 5.41) is 0. The lowest BCUT2D eigenvalue weighted by Crippen LogP contribution is -2.16. The Morgan fingerprint density at radius 2 is 2.12 bits per heavy atom. The number of pyridine rings is 2. The molecule has 0 radical (unpaired) electrons. The van der Waals surface area contributed by atoms with E-state index in [1.54, 1.807) is 6.20 Å². The van der Waals surface area contributed by atoms with Gasteiger partial charge in [-0.25, -0.2) is 13.8 Å². The molecule has 1 aliphatic rings. The molecule has 1 aliphatic heterocycles. The summed E-state index contributed by atoms with van der Waals surface area (Å²) in [7, 11) is 0. The van der Waals surface area contributed by atoms with E-state index in [0.717, 1.165) is 29.8 Å². The maximum absolute atomic E-state index is 12.3. The first-order valence-electron chi connectivity index (χ1n) is 8.76. The van der Waals surface area contributed by atoms with Crippen molar-refractivity contribution < 1.29 is 13.5 Å². The molecule has 3 rings (SSSR count). The molecule has 0 amide bonds. The number of allylic oxidation sites excluding steroid dienone is 1. The molecule has 0 N–H and O–H groups in total. The van der Waals surface area contributed by atoms with E-state index in [1.165, 1.54) is 16.8 Å². The third kappa shape index (κ3) is 3.84. The average molecular weight is 359 g/mol. The van der Waals surface area contributed by atoms with Crippen molar-refractivity contribution in [3.05, 3.63) is 58.6 Å². The zero-order chi connectivity index (χ0) is 18.7. The van der Waals surface area contributed by atoms with E-state index < -0.39 is 13.0 Å². The molecule has 0 aliphatic carbocycles. The number of aromatic nitrogens is 2. The highest BCUT2D eigenvalue weighted by molar-refractivity contribution is 5.71. The molecule has 138 valence electrons. The predicted octanol–water partition coefficient (Wildman–Crippen LogP) is 4.50. The lowest BCUT2D eigenvalue weighted by molar-refractivity contribution is 0.0792. The van der Waals surface area contributed by atoms with Gasteiger partial charge in [0.05, 0.1) is 0 Å². The van der Waals surface area contributed by atoms with Crippen LogP contribution < -0.4 is 4.74 Å². The van der Waals surface area contributed by atoms with Gasteiger partial charge in [-0.1, -0.05) is 13.0 Å². The number of rotatable bonds is 6. The van der Waals surface area contributed by atoms with Gasteiger partial charge in [-0.15, -0.1) is 0 Å². The lowest BCUT2D eigenvalue weighted by atomic mass is 10.1. The van der Waals surface area contributed by atoms with Crippen LogP contribution in [0.2, 0.25) is 0 Å². The third-order valence-electron chi connectivity index (χ3n) is 4.44.